The van der Waals surface area contributed by atoms with Crippen molar-refractivity contribution in [1.82, 2.24) is 19.7 Å². The molecule has 0 unspecified atom stereocenters. The third-order valence-corrected chi connectivity index (χ3v) is 4.88. The highest BCUT2D eigenvalue weighted by Gasteiger charge is 2.22. The summed E-state index contributed by atoms with van der Waals surface area (Å²) in [5.41, 5.74) is 1.28. The van der Waals surface area contributed by atoms with Gasteiger partial charge in [0, 0.05) is 30.0 Å². The van der Waals surface area contributed by atoms with Crippen LogP contribution in [-0.4, -0.2) is 39.4 Å². The van der Waals surface area contributed by atoms with Crippen molar-refractivity contribution >= 4 is 29.4 Å². The van der Waals surface area contributed by atoms with Crippen molar-refractivity contribution in [1.29, 1.82) is 0 Å². The number of rotatable bonds is 8. The summed E-state index contributed by atoms with van der Waals surface area (Å²) < 4.78 is 12.6. The first-order valence-electron chi connectivity index (χ1n) is 10.6. The summed E-state index contributed by atoms with van der Waals surface area (Å²) in [4.78, 5) is 21.2. The average Bonchev–Trinajstić information content (AvgIpc) is 3.21. The maximum absolute atomic E-state index is 12.7. The van der Waals surface area contributed by atoms with E-state index in [1.54, 1.807) is 43.8 Å². The number of benzene rings is 1. The zero-order valence-corrected chi connectivity index (χ0v) is 20.2. The number of nitrogens with one attached hydrogen (secondary N) is 1. The van der Waals surface area contributed by atoms with Crippen LogP contribution in [0.1, 0.15) is 45.4 Å². The summed E-state index contributed by atoms with van der Waals surface area (Å²) in [7, 11) is 1.55. The van der Waals surface area contributed by atoms with Gasteiger partial charge in [0.25, 0.3) is 5.95 Å². The minimum absolute atomic E-state index is 0.218. The molecule has 8 nitrogen and oxygen atoms in total. The van der Waals surface area contributed by atoms with Crippen LogP contribution in [-0.2, 0) is 10.2 Å². The quantitative estimate of drug-likeness (QED) is 0.463. The predicted octanol–water partition coefficient (Wildman–Crippen LogP) is 5.06. The molecule has 0 spiro atoms. The number of amides is 1. The number of methoxy groups -OCH3 is 1. The Kier molecular flexibility index (Phi) is 7.71. The Labute approximate surface area is 198 Å². The molecule has 174 valence electrons. The van der Waals surface area contributed by atoms with Crippen LogP contribution in [0.25, 0.3) is 12.0 Å². The van der Waals surface area contributed by atoms with Gasteiger partial charge in [0.1, 0.15) is 5.82 Å². The lowest BCUT2D eigenvalue weighted by molar-refractivity contribution is -0.111. The fraction of sp³-hybridized carbons (Fsp3) is 0.333. The van der Waals surface area contributed by atoms with E-state index in [9.17, 15) is 4.79 Å². The van der Waals surface area contributed by atoms with Crippen molar-refractivity contribution in [2.75, 3.05) is 19.0 Å². The number of halogens is 1. The standard InChI is InChI=1S/C24H28ClN5O3/c1-6-12-33-22-17(25)13-16(14-18(22)32-5)8-9-21(31)28-20-15-19(24(2,3)4)29-30(20)23-26-10-7-11-27-23/h7-11,13-15H,6,12H2,1-5H3,(H,28,31)/b9-8+. The molecule has 0 atom stereocenters. The number of anilines is 1. The zero-order valence-electron chi connectivity index (χ0n) is 19.4. The highest BCUT2D eigenvalue weighted by atomic mass is 35.5. The van der Waals surface area contributed by atoms with Gasteiger partial charge in [0.2, 0.25) is 5.91 Å². The lowest BCUT2D eigenvalue weighted by Crippen LogP contribution is -2.14. The number of carbonyl (C=O) groups is 1. The first kappa shape index (κ1) is 24.3. The molecule has 33 heavy (non-hydrogen) atoms. The summed E-state index contributed by atoms with van der Waals surface area (Å²) in [5.74, 6) is 1.49. The molecule has 0 aliphatic rings. The molecule has 1 amide bonds. The first-order valence-corrected chi connectivity index (χ1v) is 11.0. The summed E-state index contributed by atoms with van der Waals surface area (Å²) in [6.07, 6.45) is 7.16. The van der Waals surface area contributed by atoms with Crippen molar-refractivity contribution < 1.29 is 14.3 Å². The van der Waals surface area contributed by atoms with Crippen LogP contribution in [0.3, 0.4) is 0 Å². The molecular formula is C24H28ClN5O3. The molecule has 0 saturated carbocycles. The minimum atomic E-state index is -0.339. The monoisotopic (exact) mass is 469 g/mol. The van der Waals surface area contributed by atoms with Gasteiger partial charge in [-0.25, -0.2) is 9.97 Å². The highest BCUT2D eigenvalue weighted by Crippen LogP contribution is 2.37. The summed E-state index contributed by atoms with van der Waals surface area (Å²) in [5, 5.41) is 7.87. The van der Waals surface area contributed by atoms with Crippen LogP contribution in [0.2, 0.25) is 5.02 Å². The Hall–Kier alpha value is -3.39. The lowest BCUT2D eigenvalue weighted by Gasteiger charge is -2.13. The maximum atomic E-state index is 12.7. The highest BCUT2D eigenvalue weighted by molar-refractivity contribution is 6.32. The number of carbonyl (C=O) groups excluding carboxylic acids is 1. The maximum Gasteiger partial charge on any atom is 0.252 e. The minimum Gasteiger partial charge on any atom is -0.493 e. The van der Waals surface area contributed by atoms with Crippen molar-refractivity contribution in [2.45, 2.75) is 39.5 Å². The molecule has 2 heterocycles. The molecule has 0 bridgehead atoms. The van der Waals surface area contributed by atoms with Crippen molar-refractivity contribution in [2.24, 2.45) is 0 Å². The van der Waals surface area contributed by atoms with Crippen LogP contribution in [0.15, 0.2) is 42.7 Å². The molecular weight excluding hydrogens is 442 g/mol. The van der Waals surface area contributed by atoms with Crippen LogP contribution >= 0.6 is 11.6 Å². The average molecular weight is 470 g/mol. The van der Waals surface area contributed by atoms with Crippen molar-refractivity contribution in [3.05, 3.63) is 59.0 Å². The number of ether oxygens (including phenoxy) is 2. The second kappa shape index (κ2) is 10.5. The molecule has 9 heteroatoms. The molecule has 1 aromatic carbocycles. The second-order valence-corrected chi connectivity index (χ2v) is 8.74. The van der Waals surface area contributed by atoms with Gasteiger partial charge < -0.3 is 14.8 Å². The van der Waals surface area contributed by atoms with Gasteiger partial charge in [0.05, 0.1) is 24.4 Å². The van der Waals surface area contributed by atoms with Gasteiger partial charge in [-0.2, -0.15) is 9.78 Å². The van der Waals surface area contributed by atoms with Gasteiger partial charge in [0.15, 0.2) is 11.5 Å². The molecule has 3 aromatic rings. The normalized spacial score (nSPS) is 11.6. The van der Waals surface area contributed by atoms with E-state index in [4.69, 9.17) is 21.1 Å². The van der Waals surface area contributed by atoms with Crippen LogP contribution in [0, 0.1) is 0 Å². The fourth-order valence-electron chi connectivity index (χ4n) is 2.91. The Bertz CT molecular complexity index is 1140. The van der Waals surface area contributed by atoms with E-state index in [2.05, 4.69) is 20.4 Å². The molecule has 3 rings (SSSR count). The van der Waals surface area contributed by atoms with Gasteiger partial charge in [-0.1, -0.05) is 39.3 Å². The number of hydrogen-bond donors (Lipinski definition) is 1. The second-order valence-electron chi connectivity index (χ2n) is 8.33. The molecule has 0 radical (unpaired) electrons. The lowest BCUT2D eigenvalue weighted by atomic mass is 9.92. The summed E-state index contributed by atoms with van der Waals surface area (Å²) in [6.45, 7) is 8.67. The Morgan fingerprint density at radius 3 is 2.58 bits per heavy atom. The van der Waals surface area contributed by atoms with E-state index in [1.165, 1.54) is 10.8 Å². The fourth-order valence-corrected chi connectivity index (χ4v) is 3.18. The molecule has 0 saturated heterocycles. The van der Waals surface area contributed by atoms with Gasteiger partial charge in [-0.3, -0.25) is 4.79 Å². The van der Waals surface area contributed by atoms with Gasteiger partial charge >= 0.3 is 0 Å². The van der Waals surface area contributed by atoms with E-state index in [-0.39, 0.29) is 11.3 Å². The topological polar surface area (TPSA) is 91.2 Å². The molecule has 1 N–H and O–H groups in total. The van der Waals surface area contributed by atoms with Crippen molar-refractivity contribution in [3.63, 3.8) is 0 Å². The summed E-state index contributed by atoms with van der Waals surface area (Å²) in [6, 6.07) is 7.03. The summed E-state index contributed by atoms with van der Waals surface area (Å²) >= 11 is 6.36. The van der Waals surface area contributed by atoms with E-state index in [0.717, 1.165) is 12.1 Å². The first-order chi connectivity index (χ1) is 15.7. The SMILES string of the molecule is CCCOc1c(Cl)cc(/C=C/C(=O)Nc2cc(C(C)(C)C)nn2-c2ncccn2)cc1OC. The number of hydrogen-bond acceptors (Lipinski definition) is 6. The van der Waals surface area contributed by atoms with Gasteiger partial charge in [-0.05, 0) is 36.3 Å². The molecule has 0 fully saturated rings. The van der Waals surface area contributed by atoms with E-state index in [1.807, 2.05) is 33.8 Å². The Balaban J connectivity index is 1.84. The zero-order chi connectivity index (χ0) is 24.0. The molecule has 2 aromatic heterocycles. The van der Waals surface area contributed by atoms with E-state index in [0.29, 0.717) is 40.5 Å². The van der Waals surface area contributed by atoms with Crippen LogP contribution in [0.4, 0.5) is 5.82 Å². The third kappa shape index (κ3) is 6.10. The largest absolute Gasteiger partial charge is 0.493 e. The number of aromatic nitrogens is 4. The van der Waals surface area contributed by atoms with Crippen molar-refractivity contribution in [3.8, 4) is 17.4 Å². The Morgan fingerprint density at radius 2 is 1.94 bits per heavy atom. The Morgan fingerprint density at radius 1 is 1.21 bits per heavy atom. The third-order valence-electron chi connectivity index (χ3n) is 4.60. The smallest absolute Gasteiger partial charge is 0.252 e. The molecule has 0 aliphatic carbocycles. The van der Waals surface area contributed by atoms with E-state index >= 15 is 0 Å². The number of nitrogens with zero attached hydrogens (tertiary/aromatic N) is 4. The van der Waals surface area contributed by atoms with Crippen LogP contribution in [0.5, 0.6) is 11.5 Å². The van der Waals surface area contributed by atoms with Crippen LogP contribution < -0.4 is 14.8 Å². The predicted molar refractivity (Wildman–Crippen MR) is 129 cm³/mol. The molecule has 0 aliphatic heterocycles. The van der Waals surface area contributed by atoms with Gasteiger partial charge in [-0.15, -0.1) is 0 Å². The van der Waals surface area contributed by atoms with E-state index < -0.39 is 0 Å².